The van der Waals surface area contributed by atoms with E-state index in [1.165, 1.54) is 11.0 Å². The van der Waals surface area contributed by atoms with Gasteiger partial charge in [-0.1, -0.05) is 53.5 Å². The first-order valence-electron chi connectivity index (χ1n) is 12.8. The van der Waals surface area contributed by atoms with E-state index < -0.39 is 28.2 Å². The molecule has 9 nitrogen and oxygen atoms in total. The maximum atomic E-state index is 13.7. The standard InChI is InChI=1S/C28H30Cl2N4O5S/c1-3-33(22-10-12-23(13-11-22)39-4-2)27(35)25(16-19-8-6-5-7-9-19)31-28(36)32-40(37,38)34-15-14-20-17-21(29)18-24(30)26(20)34/h5-13,17-18,25H,3-4,14-16H2,1-2H3,(H2,31,32,36). The average molecular weight is 606 g/mol. The monoisotopic (exact) mass is 604 g/mol. The van der Waals surface area contributed by atoms with E-state index in [1.54, 1.807) is 30.3 Å². The number of carbonyl (C=O) groups is 2. The predicted octanol–water partition coefficient (Wildman–Crippen LogP) is 4.96. The van der Waals surface area contributed by atoms with Crippen LogP contribution in [0.25, 0.3) is 0 Å². The summed E-state index contributed by atoms with van der Waals surface area (Å²) in [5.74, 6) is 0.274. The smallest absolute Gasteiger partial charge is 0.330 e. The molecule has 0 aliphatic carbocycles. The summed E-state index contributed by atoms with van der Waals surface area (Å²) in [4.78, 5) is 28.3. The van der Waals surface area contributed by atoms with Crippen LogP contribution in [0.5, 0.6) is 5.75 Å². The molecule has 1 unspecified atom stereocenters. The molecule has 0 saturated heterocycles. The van der Waals surface area contributed by atoms with Crippen LogP contribution in [0, 0.1) is 0 Å². The fraction of sp³-hybridized carbons (Fsp3) is 0.286. The highest BCUT2D eigenvalue weighted by Gasteiger charge is 2.34. The summed E-state index contributed by atoms with van der Waals surface area (Å²) >= 11 is 12.3. The molecule has 0 aromatic heterocycles. The largest absolute Gasteiger partial charge is 0.494 e. The van der Waals surface area contributed by atoms with Gasteiger partial charge in [0.25, 0.3) is 0 Å². The number of ether oxygens (including phenoxy) is 1. The Morgan fingerprint density at radius 3 is 2.40 bits per heavy atom. The second kappa shape index (κ2) is 12.8. The molecular formula is C28H30Cl2N4O5S. The normalized spacial score (nSPS) is 13.3. The van der Waals surface area contributed by atoms with Crippen LogP contribution in [-0.2, 0) is 27.8 Å². The molecule has 0 fully saturated rings. The van der Waals surface area contributed by atoms with E-state index in [9.17, 15) is 18.0 Å². The highest BCUT2D eigenvalue weighted by molar-refractivity contribution is 7.91. The zero-order chi connectivity index (χ0) is 28.9. The van der Waals surface area contributed by atoms with Crippen molar-refractivity contribution in [2.75, 3.05) is 28.9 Å². The highest BCUT2D eigenvalue weighted by Crippen LogP contribution is 2.38. The molecule has 3 aromatic rings. The number of hydrogen-bond acceptors (Lipinski definition) is 5. The number of fused-ring (bicyclic) bond motifs is 1. The SMILES string of the molecule is CCOc1ccc(N(CC)C(=O)C(Cc2ccccc2)NC(=O)NS(=O)(=O)N2CCc3cc(Cl)cc(Cl)c32)cc1. The van der Waals surface area contributed by atoms with Crippen LogP contribution >= 0.6 is 23.2 Å². The minimum absolute atomic E-state index is 0.0890. The van der Waals surface area contributed by atoms with Gasteiger partial charge in [0.2, 0.25) is 5.91 Å². The fourth-order valence-electron chi connectivity index (χ4n) is 4.62. The number of benzene rings is 3. The van der Waals surface area contributed by atoms with Crippen LogP contribution in [0.3, 0.4) is 0 Å². The zero-order valence-corrected chi connectivity index (χ0v) is 24.4. The minimum atomic E-state index is -4.34. The molecule has 1 atom stereocenters. The van der Waals surface area contributed by atoms with Crippen molar-refractivity contribution in [2.24, 2.45) is 0 Å². The van der Waals surface area contributed by atoms with Gasteiger partial charge in [-0.25, -0.2) is 9.52 Å². The first kappa shape index (κ1) is 29.5. The molecule has 1 aliphatic heterocycles. The number of carbonyl (C=O) groups excluding carboxylic acids is 2. The van der Waals surface area contributed by atoms with Crippen molar-refractivity contribution in [1.82, 2.24) is 10.0 Å². The second-order valence-corrected chi connectivity index (χ2v) is 11.5. The van der Waals surface area contributed by atoms with Gasteiger partial charge in [0.1, 0.15) is 11.8 Å². The molecule has 1 aliphatic rings. The molecule has 4 rings (SSSR count). The number of nitrogens with one attached hydrogen (secondary N) is 2. The van der Waals surface area contributed by atoms with Gasteiger partial charge in [-0.2, -0.15) is 8.42 Å². The number of urea groups is 1. The average Bonchev–Trinajstić information content (AvgIpc) is 3.35. The van der Waals surface area contributed by atoms with Crippen LogP contribution in [0.1, 0.15) is 25.0 Å². The fourth-order valence-corrected chi connectivity index (χ4v) is 6.49. The van der Waals surface area contributed by atoms with Gasteiger partial charge in [-0.05, 0) is 67.8 Å². The molecule has 0 radical (unpaired) electrons. The zero-order valence-electron chi connectivity index (χ0n) is 22.1. The van der Waals surface area contributed by atoms with E-state index in [1.807, 2.05) is 48.9 Å². The topological polar surface area (TPSA) is 108 Å². The molecular weight excluding hydrogens is 575 g/mol. The molecule has 3 aromatic carbocycles. The van der Waals surface area contributed by atoms with Crippen LogP contribution in [0.4, 0.5) is 16.2 Å². The molecule has 0 spiro atoms. The van der Waals surface area contributed by atoms with Gasteiger partial charge in [-0.3, -0.25) is 9.10 Å². The Kier molecular flexibility index (Phi) is 9.44. The molecule has 0 bridgehead atoms. The van der Waals surface area contributed by atoms with E-state index in [4.69, 9.17) is 27.9 Å². The molecule has 212 valence electrons. The summed E-state index contributed by atoms with van der Waals surface area (Å²) < 4.78 is 35.0. The third kappa shape index (κ3) is 6.80. The first-order chi connectivity index (χ1) is 19.1. The molecule has 40 heavy (non-hydrogen) atoms. The lowest BCUT2D eigenvalue weighted by molar-refractivity contribution is -0.120. The number of rotatable bonds is 10. The van der Waals surface area contributed by atoms with Gasteiger partial charge >= 0.3 is 16.2 Å². The molecule has 0 saturated carbocycles. The summed E-state index contributed by atoms with van der Waals surface area (Å²) in [7, 11) is -4.34. The van der Waals surface area contributed by atoms with Gasteiger partial charge in [0, 0.05) is 30.2 Å². The maximum Gasteiger partial charge on any atom is 0.330 e. The number of hydrogen-bond donors (Lipinski definition) is 2. The van der Waals surface area contributed by atoms with E-state index in [0.29, 0.717) is 41.6 Å². The molecule has 2 N–H and O–H groups in total. The Morgan fingerprint density at radius 1 is 1.05 bits per heavy atom. The number of likely N-dealkylation sites (N-methyl/N-ethyl adjacent to an activating group) is 1. The lowest BCUT2D eigenvalue weighted by Gasteiger charge is -2.28. The third-order valence-electron chi connectivity index (χ3n) is 6.38. The van der Waals surface area contributed by atoms with Crippen molar-refractivity contribution in [1.29, 1.82) is 0 Å². The minimum Gasteiger partial charge on any atom is -0.494 e. The van der Waals surface area contributed by atoms with E-state index in [0.717, 1.165) is 9.87 Å². The Labute approximate surface area is 244 Å². The van der Waals surface area contributed by atoms with Gasteiger partial charge in [-0.15, -0.1) is 0 Å². The first-order valence-corrected chi connectivity index (χ1v) is 15.0. The lowest BCUT2D eigenvalue weighted by Crippen LogP contribution is -2.55. The van der Waals surface area contributed by atoms with Crippen molar-refractivity contribution in [3.05, 3.63) is 87.9 Å². The summed E-state index contributed by atoms with van der Waals surface area (Å²) in [5, 5.41) is 3.14. The van der Waals surface area contributed by atoms with Crippen molar-refractivity contribution < 1.29 is 22.7 Å². The number of halogens is 2. The van der Waals surface area contributed by atoms with Gasteiger partial charge < -0.3 is 15.0 Å². The van der Waals surface area contributed by atoms with Crippen molar-refractivity contribution in [2.45, 2.75) is 32.7 Å². The van der Waals surface area contributed by atoms with Crippen molar-refractivity contribution in [3.63, 3.8) is 0 Å². The number of amides is 3. The number of anilines is 2. The molecule has 3 amide bonds. The molecule has 12 heteroatoms. The summed E-state index contributed by atoms with van der Waals surface area (Å²) in [6.07, 6.45) is 0.540. The highest BCUT2D eigenvalue weighted by atomic mass is 35.5. The Balaban J connectivity index is 1.55. The summed E-state index contributed by atoms with van der Waals surface area (Å²) in [6.45, 7) is 4.63. The van der Waals surface area contributed by atoms with Crippen molar-refractivity contribution >= 4 is 56.7 Å². The van der Waals surface area contributed by atoms with E-state index in [-0.39, 0.29) is 23.7 Å². The second-order valence-electron chi connectivity index (χ2n) is 9.05. The third-order valence-corrected chi connectivity index (χ3v) is 8.28. The Bertz CT molecular complexity index is 1470. The maximum absolute atomic E-state index is 13.7. The van der Waals surface area contributed by atoms with E-state index in [2.05, 4.69) is 5.32 Å². The van der Waals surface area contributed by atoms with Crippen LogP contribution < -0.4 is 24.0 Å². The summed E-state index contributed by atoms with van der Waals surface area (Å²) in [5.41, 5.74) is 2.35. The quantitative estimate of drug-likeness (QED) is 0.340. The van der Waals surface area contributed by atoms with Gasteiger partial charge in [0.05, 0.1) is 17.3 Å². The van der Waals surface area contributed by atoms with Crippen molar-refractivity contribution in [3.8, 4) is 5.75 Å². The summed E-state index contributed by atoms with van der Waals surface area (Å²) in [6, 6.07) is 17.2. The van der Waals surface area contributed by atoms with Crippen LogP contribution in [0.2, 0.25) is 10.0 Å². The number of nitrogens with zero attached hydrogens (tertiary/aromatic N) is 2. The lowest BCUT2D eigenvalue weighted by atomic mass is 10.0. The Hall–Kier alpha value is -3.47. The van der Waals surface area contributed by atoms with Crippen LogP contribution in [-0.4, -0.2) is 46.1 Å². The Morgan fingerprint density at radius 2 is 1.75 bits per heavy atom. The van der Waals surface area contributed by atoms with Crippen LogP contribution in [0.15, 0.2) is 66.7 Å². The predicted molar refractivity (Wildman–Crippen MR) is 158 cm³/mol. The van der Waals surface area contributed by atoms with Gasteiger partial charge in [0.15, 0.2) is 0 Å². The molecule has 1 heterocycles. The van der Waals surface area contributed by atoms with E-state index >= 15 is 0 Å².